The Hall–Kier alpha value is -0.930. The molecule has 0 radical (unpaired) electrons. The maximum atomic E-state index is 11.9. The number of esters is 1. The van der Waals surface area contributed by atoms with Crippen LogP contribution < -0.4 is 0 Å². The molecular weight excluding hydrogens is 178 g/mol. The highest BCUT2D eigenvalue weighted by atomic mass is 19.3. The van der Waals surface area contributed by atoms with Crippen molar-refractivity contribution in [3.63, 3.8) is 0 Å². The molecule has 0 unspecified atom stereocenters. The highest BCUT2D eigenvalue weighted by molar-refractivity contribution is 5.83. The van der Waals surface area contributed by atoms with Gasteiger partial charge >= 0.3 is 5.97 Å². The van der Waals surface area contributed by atoms with Crippen molar-refractivity contribution >= 4 is 5.97 Å². The summed E-state index contributed by atoms with van der Waals surface area (Å²) in [5.74, 6) is -0.731. The zero-order chi connectivity index (χ0) is 10.6. The minimum atomic E-state index is -2.60. The fraction of sp³-hybridized carbons (Fsp3) is 0.667. The van der Waals surface area contributed by atoms with E-state index in [1.807, 2.05) is 0 Å². The van der Waals surface area contributed by atoms with Gasteiger partial charge in [0.05, 0.1) is 0 Å². The fourth-order valence-corrected chi connectivity index (χ4v) is 0.580. The fourth-order valence-electron chi connectivity index (χ4n) is 0.580. The zero-order valence-electron chi connectivity index (χ0n) is 8.23. The predicted molar refractivity (Wildman–Crippen MR) is 45.6 cm³/mol. The molecule has 0 aliphatic rings. The average molecular weight is 192 g/mol. The summed E-state index contributed by atoms with van der Waals surface area (Å²) < 4.78 is 28.7. The van der Waals surface area contributed by atoms with Gasteiger partial charge in [0.2, 0.25) is 0 Å². The lowest BCUT2D eigenvalue weighted by Crippen LogP contribution is -2.23. The quantitative estimate of drug-likeness (QED) is 0.496. The van der Waals surface area contributed by atoms with Crippen LogP contribution in [0.2, 0.25) is 0 Å². The number of carbonyl (C=O) groups is 1. The van der Waals surface area contributed by atoms with Crippen molar-refractivity contribution in [2.24, 2.45) is 0 Å². The third-order valence-electron chi connectivity index (χ3n) is 1.10. The van der Waals surface area contributed by atoms with Crippen molar-refractivity contribution in [2.45, 2.75) is 39.7 Å². The first-order chi connectivity index (χ1) is 5.72. The van der Waals surface area contributed by atoms with Crippen LogP contribution in [0.4, 0.5) is 8.78 Å². The molecule has 0 fully saturated rings. The van der Waals surface area contributed by atoms with Crippen molar-refractivity contribution in [1.29, 1.82) is 0 Å². The van der Waals surface area contributed by atoms with Gasteiger partial charge in [-0.3, -0.25) is 0 Å². The van der Waals surface area contributed by atoms with Gasteiger partial charge in [-0.1, -0.05) is 0 Å². The first-order valence-electron chi connectivity index (χ1n) is 3.91. The number of ether oxygens (including phenoxy) is 1. The van der Waals surface area contributed by atoms with E-state index in [2.05, 4.69) is 0 Å². The van der Waals surface area contributed by atoms with Gasteiger partial charge in [0, 0.05) is 6.08 Å². The van der Waals surface area contributed by atoms with Crippen LogP contribution in [0.5, 0.6) is 0 Å². The lowest BCUT2D eigenvalue weighted by molar-refractivity contribution is -0.148. The molecule has 13 heavy (non-hydrogen) atoms. The normalized spacial score (nSPS) is 13.3. The number of alkyl halides is 2. The first kappa shape index (κ1) is 12.1. The molecule has 0 amide bonds. The molecule has 0 heterocycles. The van der Waals surface area contributed by atoms with Crippen molar-refractivity contribution in [3.8, 4) is 0 Å². The van der Waals surface area contributed by atoms with Crippen LogP contribution in [-0.2, 0) is 9.53 Å². The molecule has 2 nitrogen and oxygen atoms in total. The Bertz CT molecular complexity index is 214. The molecule has 0 atom stereocenters. The van der Waals surface area contributed by atoms with E-state index in [4.69, 9.17) is 4.74 Å². The molecule has 0 N–H and O–H groups in total. The molecule has 0 rings (SSSR count). The monoisotopic (exact) mass is 192 g/mol. The number of rotatable bonds is 2. The molecular formula is C9H14F2O2. The van der Waals surface area contributed by atoms with Crippen LogP contribution in [0.25, 0.3) is 0 Å². The van der Waals surface area contributed by atoms with E-state index in [1.165, 1.54) is 6.92 Å². The van der Waals surface area contributed by atoms with E-state index in [0.29, 0.717) is 0 Å². The van der Waals surface area contributed by atoms with Crippen molar-refractivity contribution in [3.05, 3.63) is 11.6 Å². The Morgan fingerprint density at radius 2 is 1.85 bits per heavy atom. The molecule has 0 saturated carbocycles. The maximum Gasteiger partial charge on any atom is 0.331 e. The maximum absolute atomic E-state index is 11.9. The SMILES string of the molecule is C/C(=C\C(=O)OC(C)(C)C)C(F)F. The number of hydrogen-bond acceptors (Lipinski definition) is 2. The third-order valence-corrected chi connectivity index (χ3v) is 1.10. The third kappa shape index (κ3) is 6.25. The van der Waals surface area contributed by atoms with Crippen LogP contribution in [-0.4, -0.2) is 18.0 Å². The van der Waals surface area contributed by atoms with Crippen LogP contribution >= 0.6 is 0 Å². The number of hydrogen-bond donors (Lipinski definition) is 0. The second kappa shape index (κ2) is 4.35. The number of allylic oxidation sites excluding steroid dienone is 1. The highest BCUT2D eigenvalue weighted by Gasteiger charge is 2.16. The van der Waals surface area contributed by atoms with Crippen LogP contribution in [0.1, 0.15) is 27.7 Å². The molecule has 76 valence electrons. The van der Waals surface area contributed by atoms with Gasteiger partial charge in [-0.15, -0.1) is 0 Å². The molecule has 0 aliphatic carbocycles. The Kier molecular flexibility index (Phi) is 4.04. The summed E-state index contributed by atoms with van der Waals surface area (Å²) in [5.41, 5.74) is -0.926. The van der Waals surface area contributed by atoms with Crippen LogP contribution in [0.15, 0.2) is 11.6 Å². The molecule has 0 aliphatic heterocycles. The minimum absolute atomic E-state index is 0.283. The second-order valence-electron chi connectivity index (χ2n) is 3.72. The lowest BCUT2D eigenvalue weighted by atomic mass is 10.2. The number of halogens is 2. The van der Waals surface area contributed by atoms with E-state index in [1.54, 1.807) is 20.8 Å². The molecule has 0 bridgehead atoms. The molecule has 0 aromatic rings. The summed E-state index contributed by atoms with van der Waals surface area (Å²) in [7, 11) is 0. The topological polar surface area (TPSA) is 26.3 Å². The van der Waals surface area contributed by atoms with Gasteiger partial charge in [-0.05, 0) is 33.3 Å². The molecule has 0 aromatic heterocycles. The zero-order valence-corrected chi connectivity index (χ0v) is 8.23. The van der Waals surface area contributed by atoms with E-state index in [9.17, 15) is 13.6 Å². The Balaban J connectivity index is 4.24. The molecule has 0 aromatic carbocycles. The van der Waals surface area contributed by atoms with Gasteiger partial charge in [0.15, 0.2) is 0 Å². The molecule has 0 spiro atoms. The lowest BCUT2D eigenvalue weighted by Gasteiger charge is -2.18. The summed E-state index contributed by atoms with van der Waals surface area (Å²) in [4.78, 5) is 10.9. The summed E-state index contributed by atoms with van der Waals surface area (Å²) >= 11 is 0. The highest BCUT2D eigenvalue weighted by Crippen LogP contribution is 2.11. The van der Waals surface area contributed by atoms with Crippen LogP contribution in [0, 0.1) is 0 Å². The van der Waals surface area contributed by atoms with Gasteiger partial charge in [0.1, 0.15) is 5.60 Å². The predicted octanol–water partition coefficient (Wildman–Crippen LogP) is 2.54. The van der Waals surface area contributed by atoms with E-state index >= 15 is 0 Å². The second-order valence-corrected chi connectivity index (χ2v) is 3.72. The summed E-state index contributed by atoms with van der Waals surface area (Å²) in [6.45, 7) is 6.22. The molecule has 4 heteroatoms. The van der Waals surface area contributed by atoms with E-state index in [-0.39, 0.29) is 5.57 Å². The Morgan fingerprint density at radius 3 is 2.15 bits per heavy atom. The minimum Gasteiger partial charge on any atom is -0.457 e. The smallest absolute Gasteiger partial charge is 0.331 e. The summed E-state index contributed by atoms with van der Waals surface area (Å²) in [5, 5.41) is 0. The summed E-state index contributed by atoms with van der Waals surface area (Å²) in [6.07, 6.45) is -1.79. The molecule has 0 saturated heterocycles. The Morgan fingerprint density at radius 1 is 1.38 bits per heavy atom. The van der Waals surface area contributed by atoms with E-state index < -0.39 is 18.0 Å². The Labute approximate surface area is 76.6 Å². The van der Waals surface area contributed by atoms with Crippen molar-refractivity contribution in [1.82, 2.24) is 0 Å². The van der Waals surface area contributed by atoms with Gasteiger partial charge in [-0.25, -0.2) is 13.6 Å². The van der Waals surface area contributed by atoms with Gasteiger partial charge in [0.25, 0.3) is 6.43 Å². The van der Waals surface area contributed by atoms with Gasteiger partial charge in [-0.2, -0.15) is 0 Å². The van der Waals surface area contributed by atoms with Crippen molar-refractivity contribution in [2.75, 3.05) is 0 Å². The standard InChI is InChI=1S/C9H14F2O2/c1-6(8(10)11)5-7(12)13-9(2,3)4/h5,8H,1-4H3/b6-5+. The van der Waals surface area contributed by atoms with Crippen LogP contribution in [0.3, 0.4) is 0 Å². The number of carbonyl (C=O) groups excluding carboxylic acids is 1. The summed E-state index contributed by atoms with van der Waals surface area (Å²) in [6, 6.07) is 0. The van der Waals surface area contributed by atoms with Gasteiger partial charge < -0.3 is 4.74 Å². The van der Waals surface area contributed by atoms with E-state index in [0.717, 1.165) is 6.08 Å². The largest absolute Gasteiger partial charge is 0.457 e. The first-order valence-corrected chi connectivity index (χ1v) is 3.91. The van der Waals surface area contributed by atoms with Crippen molar-refractivity contribution < 1.29 is 18.3 Å². The average Bonchev–Trinajstić information content (AvgIpc) is 1.81.